The van der Waals surface area contributed by atoms with Gasteiger partial charge in [0.1, 0.15) is 10.6 Å². The molecule has 0 radical (unpaired) electrons. The average Bonchev–Trinajstić information content (AvgIpc) is 3.07. The van der Waals surface area contributed by atoms with Crippen molar-refractivity contribution in [3.8, 4) is 11.6 Å². The van der Waals surface area contributed by atoms with Crippen LogP contribution in [-0.4, -0.2) is 30.3 Å². The van der Waals surface area contributed by atoms with Crippen molar-refractivity contribution in [2.45, 2.75) is 37.3 Å². The summed E-state index contributed by atoms with van der Waals surface area (Å²) in [7, 11) is 3.19. The van der Waals surface area contributed by atoms with Gasteiger partial charge in [0, 0.05) is 37.2 Å². The molecule has 0 saturated carbocycles. The van der Waals surface area contributed by atoms with Crippen LogP contribution >= 0.6 is 11.8 Å². The number of aromatic nitrogens is 4. The predicted octanol–water partition coefficient (Wildman–Crippen LogP) is 2.60. The molecule has 0 spiro atoms. The second kappa shape index (κ2) is 6.38. The minimum atomic E-state index is -0.528. The minimum Gasteiger partial charge on any atom is -0.472 e. The molecule has 2 aliphatic rings. The Hall–Kier alpha value is -2.74. The summed E-state index contributed by atoms with van der Waals surface area (Å²) in [5.74, 6) is 1.08. The molecule has 5 rings (SSSR count). The van der Waals surface area contributed by atoms with E-state index < -0.39 is 5.60 Å². The third-order valence-electron chi connectivity index (χ3n) is 6.38. The lowest BCUT2D eigenvalue weighted by molar-refractivity contribution is 0.0155. The number of aryl methyl sites for hydroxylation is 1. The highest BCUT2D eigenvalue weighted by molar-refractivity contribution is 7.99. The quantitative estimate of drug-likeness (QED) is 0.601. The molecular formula is C22H24N4O3S. The molecule has 3 aromatic rings. The van der Waals surface area contributed by atoms with E-state index in [1.165, 1.54) is 16.2 Å². The average molecular weight is 425 g/mol. The first-order valence-electron chi connectivity index (χ1n) is 9.99. The van der Waals surface area contributed by atoms with E-state index in [-0.39, 0.29) is 23.1 Å². The van der Waals surface area contributed by atoms with Crippen LogP contribution in [0.5, 0.6) is 5.88 Å². The summed E-state index contributed by atoms with van der Waals surface area (Å²) in [6.45, 7) is 6.08. The van der Waals surface area contributed by atoms with Crippen molar-refractivity contribution in [2.75, 3.05) is 5.75 Å². The zero-order valence-corrected chi connectivity index (χ0v) is 18.5. The van der Waals surface area contributed by atoms with Gasteiger partial charge >= 0.3 is 5.69 Å². The van der Waals surface area contributed by atoms with Crippen LogP contribution in [0.15, 0.2) is 44.9 Å². The van der Waals surface area contributed by atoms with Gasteiger partial charge in [-0.15, -0.1) is 11.8 Å². The molecule has 0 unspecified atom stereocenters. The summed E-state index contributed by atoms with van der Waals surface area (Å²) < 4.78 is 10.9. The molecule has 0 fully saturated rings. The lowest BCUT2D eigenvalue weighted by Gasteiger charge is -2.46. The molecule has 2 aromatic heterocycles. The van der Waals surface area contributed by atoms with E-state index in [0.717, 1.165) is 27.7 Å². The fraction of sp³-hybridized carbons (Fsp3) is 0.409. The van der Waals surface area contributed by atoms with Gasteiger partial charge < -0.3 is 4.74 Å². The molecule has 2 aliphatic heterocycles. The highest BCUT2D eigenvalue weighted by Crippen LogP contribution is 2.54. The summed E-state index contributed by atoms with van der Waals surface area (Å²) in [6, 6.07) is 10.0. The molecule has 8 heteroatoms. The van der Waals surface area contributed by atoms with Crippen molar-refractivity contribution < 1.29 is 4.74 Å². The van der Waals surface area contributed by atoms with Gasteiger partial charge in [0.05, 0.1) is 16.9 Å². The predicted molar refractivity (Wildman–Crippen MR) is 116 cm³/mol. The van der Waals surface area contributed by atoms with Gasteiger partial charge in [0.15, 0.2) is 0 Å². The molecule has 0 amide bonds. The first-order chi connectivity index (χ1) is 14.2. The number of benzene rings is 1. The fourth-order valence-electron chi connectivity index (χ4n) is 4.74. The molecule has 30 heavy (non-hydrogen) atoms. The lowest BCUT2D eigenvalue weighted by Crippen LogP contribution is -2.53. The van der Waals surface area contributed by atoms with Crippen molar-refractivity contribution in [3.63, 3.8) is 0 Å². The van der Waals surface area contributed by atoms with E-state index in [0.29, 0.717) is 11.4 Å². The van der Waals surface area contributed by atoms with Crippen molar-refractivity contribution >= 4 is 11.8 Å². The van der Waals surface area contributed by atoms with Crippen LogP contribution in [0.2, 0.25) is 0 Å². The summed E-state index contributed by atoms with van der Waals surface area (Å²) in [4.78, 5) is 25.8. The third kappa shape index (κ3) is 2.49. The van der Waals surface area contributed by atoms with Crippen LogP contribution in [0.4, 0.5) is 0 Å². The van der Waals surface area contributed by atoms with Gasteiger partial charge in [0.2, 0.25) is 5.88 Å². The van der Waals surface area contributed by atoms with Crippen molar-refractivity contribution in [1.29, 1.82) is 0 Å². The van der Waals surface area contributed by atoms with E-state index >= 15 is 0 Å². The highest BCUT2D eigenvalue weighted by atomic mass is 32.2. The van der Waals surface area contributed by atoms with E-state index in [4.69, 9.17) is 9.84 Å². The Bertz CT molecular complexity index is 1290. The molecule has 2 atom stereocenters. The molecule has 0 aliphatic carbocycles. The van der Waals surface area contributed by atoms with E-state index in [2.05, 4.69) is 0 Å². The maximum absolute atomic E-state index is 13.3. The second-order valence-electron chi connectivity index (χ2n) is 8.58. The Labute approximate surface area is 178 Å². The number of ether oxygens (including phenoxy) is 1. The zero-order valence-electron chi connectivity index (χ0n) is 17.7. The van der Waals surface area contributed by atoms with Crippen molar-refractivity contribution in [3.05, 3.63) is 68.0 Å². The lowest BCUT2D eigenvalue weighted by atomic mass is 9.72. The number of para-hydroxylation sites is 1. The standard InChI is InChI=1S/C22H24N4O3S/c1-12-15-16-14(11-30-20(15)26(23-12)13-9-7-6-8-10-13)22(2,3)29-19-17(16)18(27)24(4)21(28)25(19)5/h6-10,14,16H,11H2,1-5H3/t14-,16-/m1/s1. The number of thioether (sulfide) groups is 1. The molecule has 7 nitrogen and oxygen atoms in total. The maximum atomic E-state index is 13.3. The number of nitrogens with zero attached hydrogens (tertiary/aromatic N) is 4. The highest BCUT2D eigenvalue weighted by Gasteiger charge is 2.51. The number of hydrogen-bond acceptors (Lipinski definition) is 5. The molecule has 156 valence electrons. The second-order valence-corrected chi connectivity index (χ2v) is 9.59. The van der Waals surface area contributed by atoms with Crippen LogP contribution < -0.4 is 16.0 Å². The number of hydrogen-bond donors (Lipinski definition) is 0. The Morgan fingerprint density at radius 1 is 1.10 bits per heavy atom. The fourth-order valence-corrected chi connectivity index (χ4v) is 6.37. The maximum Gasteiger partial charge on any atom is 0.333 e. The summed E-state index contributed by atoms with van der Waals surface area (Å²) >= 11 is 1.75. The van der Waals surface area contributed by atoms with E-state index in [9.17, 15) is 9.59 Å². The zero-order chi connectivity index (χ0) is 21.4. The summed E-state index contributed by atoms with van der Waals surface area (Å²) in [6.07, 6.45) is 0. The van der Waals surface area contributed by atoms with Crippen LogP contribution in [0.25, 0.3) is 5.69 Å². The van der Waals surface area contributed by atoms with Crippen molar-refractivity contribution in [1.82, 2.24) is 18.9 Å². The molecule has 0 bridgehead atoms. The van der Waals surface area contributed by atoms with Crippen molar-refractivity contribution in [2.24, 2.45) is 20.0 Å². The first-order valence-corrected chi connectivity index (χ1v) is 11.0. The minimum absolute atomic E-state index is 0.0832. The van der Waals surface area contributed by atoms with Gasteiger partial charge in [-0.3, -0.25) is 13.9 Å². The van der Waals surface area contributed by atoms with E-state index in [1.807, 2.05) is 55.8 Å². The van der Waals surface area contributed by atoms with Gasteiger partial charge in [-0.1, -0.05) is 18.2 Å². The normalized spacial score (nSPS) is 21.4. The Kier molecular flexibility index (Phi) is 4.09. The SMILES string of the molecule is Cc1nn(-c2ccccc2)c2c1[C@@H]1c3c(n(C)c(=O)n(C)c3=O)OC(C)(C)[C@@H]1CS2. The first kappa shape index (κ1) is 19.2. The molecular weight excluding hydrogens is 400 g/mol. The van der Waals surface area contributed by atoms with Crippen LogP contribution in [-0.2, 0) is 14.1 Å². The molecule has 0 N–H and O–H groups in total. The smallest absolute Gasteiger partial charge is 0.333 e. The summed E-state index contributed by atoms with van der Waals surface area (Å²) in [5, 5.41) is 5.90. The van der Waals surface area contributed by atoms with Gasteiger partial charge in [-0.05, 0) is 32.9 Å². The van der Waals surface area contributed by atoms with Crippen LogP contribution in [0.1, 0.15) is 36.6 Å². The molecule has 0 saturated heterocycles. The Morgan fingerprint density at radius 2 is 1.80 bits per heavy atom. The van der Waals surface area contributed by atoms with Crippen LogP contribution in [0, 0.1) is 12.8 Å². The summed E-state index contributed by atoms with van der Waals surface area (Å²) in [5.41, 5.74) is 2.32. The largest absolute Gasteiger partial charge is 0.472 e. The Balaban J connectivity index is 1.83. The van der Waals surface area contributed by atoms with Gasteiger partial charge in [-0.2, -0.15) is 5.10 Å². The number of fused-ring (bicyclic) bond motifs is 5. The number of rotatable bonds is 1. The Morgan fingerprint density at radius 3 is 2.50 bits per heavy atom. The molecule has 4 heterocycles. The van der Waals surface area contributed by atoms with E-state index in [1.54, 1.807) is 18.8 Å². The van der Waals surface area contributed by atoms with Gasteiger partial charge in [-0.25, -0.2) is 9.48 Å². The third-order valence-corrected chi connectivity index (χ3v) is 7.58. The topological polar surface area (TPSA) is 71.0 Å². The molecule has 1 aromatic carbocycles. The monoisotopic (exact) mass is 424 g/mol. The van der Waals surface area contributed by atoms with Crippen LogP contribution in [0.3, 0.4) is 0 Å². The van der Waals surface area contributed by atoms with Gasteiger partial charge in [0.25, 0.3) is 5.56 Å².